The fraction of sp³-hybridized carbons (Fsp3) is 0.533. The van der Waals surface area contributed by atoms with Crippen LogP contribution in [0.2, 0.25) is 0 Å². The van der Waals surface area contributed by atoms with Crippen LogP contribution in [-0.2, 0) is 11.3 Å². The Hall–Kier alpha value is -1.02. The molecule has 0 radical (unpaired) electrons. The van der Waals surface area contributed by atoms with Crippen molar-refractivity contribution >= 4 is 11.8 Å². The highest BCUT2D eigenvalue weighted by Gasteiger charge is 2.25. The zero-order valence-electron chi connectivity index (χ0n) is 11.5. The highest BCUT2D eigenvalue weighted by atomic mass is 32.2. The first-order valence-corrected chi connectivity index (χ1v) is 7.64. The average molecular weight is 276 g/mol. The van der Waals surface area contributed by atoms with Gasteiger partial charge in [-0.1, -0.05) is 13.0 Å². The maximum absolute atomic E-state index is 9.29. The lowest BCUT2D eigenvalue weighted by atomic mass is 10.1. The van der Waals surface area contributed by atoms with E-state index in [2.05, 4.69) is 37.4 Å². The average Bonchev–Trinajstić information content (AvgIpc) is 2.83. The normalized spacial score (nSPS) is 22.4. The number of nitrogens with one attached hydrogen (secondary N) is 1. The molecule has 2 atom stereocenters. The second kappa shape index (κ2) is 6.95. The predicted octanol–water partition coefficient (Wildman–Crippen LogP) is 2.94. The largest absolute Gasteiger partial charge is 0.377 e. The van der Waals surface area contributed by atoms with Crippen LogP contribution in [0.1, 0.15) is 31.4 Å². The molecule has 1 heterocycles. The lowest BCUT2D eigenvalue weighted by Crippen LogP contribution is -2.14. The van der Waals surface area contributed by atoms with Crippen molar-refractivity contribution in [3.05, 3.63) is 29.3 Å². The first-order chi connectivity index (χ1) is 9.24. The second-order valence-corrected chi connectivity index (χ2v) is 6.02. The van der Waals surface area contributed by atoms with Gasteiger partial charge in [0.05, 0.1) is 11.7 Å². The molecule has 0 aliphatic carbocycles. The monoisotopic (exact) mass is 276 g/mol. The Morgan fingerprint density at radius 2 is 2.37 bits per heavy atom. The number of ether oxygens (including phenoxy) is 1. The molecule has 4 heteroatoms. The van der Waals surface area contributed by atoms with Gasteiger partial charge in [-0.3, -0.25) is 0 Å². The summed E-state index contributed by atoms with van der Waals surface area (Å²) in [6.45, 7) is 6.78. The molecule has 0 spiro atoms. The Bertz CT molecular complexity index is 470. The fourth-order valence-electron chi connectivity index (χ4n) is 2.18. The molecule has 1 N–H and O–H groups in total. The zero-order valence-corrected chi connectivity index (χ0v) is 12.3. The number of nitriles is 1. The first-order valence-electron chi connectivity index (χ1n) is 6.76. The summed E-state index contributed by atoms with van der Waals surface area (Å²) in [7, 11) is 0. The van der Waals surface area contributed by atoms with Crippen LogP contribution in [-0.4, -0.2) is 24.5 Å². The van der Waals surface area contributed by atoms with Gasteiger partial charge in [0.15, 0.2) is 0 Å². The minimum Gasteiger partial charge on any atom is -0.377 e. The lowest BCUT2D eigenvalue weighted by Gasteiger charge is -2.15. The Morgan fingerprint density at radius 3 is 3.00 bits per heavy atom. The van der Waals surface area contributed by atoms with Crippen LogP contribution in [0, 0.1) is 11.3 Å². The van der Waals surface area contributed by atoms with Gasteiger partial charge in [-0.15, -0.1) is 11.8 Å². The molecule has 1 aliphatic heterocycles. The Morgan fingerprint density at radius 1 is 1.53 bits per heavy atom. The van der Waals surface area contributed by atoms with Crippen molar-refractivity contribution in [1.29, 1.82) is 5.26 Å². The molecular formula is C15H20N2OS. The molecule has 0 bridgehead atoms. The standard InChI is InChI=1S/C15H20N2OS/c1-3-17-10-12-4-5-15(13(8-12)9-16)19-14-6-7-18-11(14)2/h4-5,8,11,14,17H,3,6-7,10H2,1-2H3. The molecule has 2 unspecified atom stereocenters. The van der Waals surface area contributed by atoms with E-state index >= 15 is 0 Å². The van der Waals surface area contributed by atoms with Crippen LogP contribution in [0.25, 0.3) is 0 Å². The second-order valence-electron chi connectivity index (χ2n) is 4.74. The highest BCUT2D eigenvalue weighted by molar-refractivity contribution is 8.00. The maximum atomic E-state index is 9.29. The summed E-state index contributed by atoms with van der Waals surface area (Å²) in [6, 6.07) is 8.48. The molecule has 1 aromatic carbocycles. The minimum atomic E-state index is 0.276. The molecule has 0 amide bonds. The summed E-state index contributed by atoms with van der Waals surface area (Å²) < 4.78 is 5.57. The molecule has 3 nitrogen and oxygen atoms in total. The van der Waals surface area contributed by atoms with Crippen molar-refractivity contribution in [2.24, 2.45) is 0 Å². The van der Waals surface area contributed by atoms with Gasteiger partial charge >= 0.3 is 0 Å². The Labute approximate surface area is 119 Å². The van der Waals surface area contributed by atoms with E-state index in [1.54, 1.807) is 11.8 Å². The number of nitrogens with zero attached hydrogens (tertiary/aromatic N) is 1. The summed E-state index contributed by atoms with van der Waals surface area (Å²) in [5.41, 5.74) is 1.94. The summed E-state index contributed by atoms with van der Waals surface area (Å²) >= 11 is 1.78. The topological polar surface area (TPSA) is 45.0 Å². The van der Waals surface area contributed by atoms with E-state index in [9.17, 15) is 5.26 Å². The molecule has 0 saturated carbocycles. The molecule has 1 aliphatic rings. The lowest BCUT2D eigenvalue weighted by molar-refractivity contribution is 0.127. The van der Waals surface area contributed by atoms with Crippen molar-refractivity contribution in [2.45, 2.75) is 43.1 Å². The van der Waals surface area contributed by atoms with Crippen molar-refractivity contribution in [2.75, 3.05) is 13.2 Å². The van der Waals surface area contributed by atoms with Gasteiger partial charge in [-0.25, -0.2) is 0 Å². The van der Waals surface area contributed by atoms with Crippen molar-refractivity contribution in [3.8, 4) is 6.07 Å². The van der Waals surface area contributed by atoms with Crippen LogP contribution in [0.4, 0.5) is 0 Å². The van der Waals surface area contributed by atoms with E-state index in [0.717, 1.165) is 36.6 Å². The van der Waals surface area contributed by atoms with Crippen LogP contribution in [0.3, 0.4) is 0 Å². The van der Waals surface area contributed by atoms with Crippen molar-refractivity contribution < 1.29 is 4.74 Å². The molecule has 2 rings (SSSR count). The molecule has 19 heavy (non-hydrogen) atoms. The molecule has 0 aromatic heterocycles. The van der Waals surface area contributed by atoms with Crippen LogP contribution >= 0.6 is 11.8 Å². The van der Waals surface area contributed by atoms with E-state index in [0.29, 0.717) is 5.25 Å². The third-order valence-corrected chi connectivity index (χ3v) is 4.86. The van der Waals surface area contributed by atoms with Gasteiger partial charge in [0.1, 0.15) is 6.07 Å². The first kappa shape index (κ1) is 14.4. The maximum Gasteiger partial charge on any atom is 0.100 e. The van der Waals surface area contributed by atoms with Gasteiger partial charge in [0, 0.05) is 23.3 Å². The number of benzene rings is 1. The summed E-state index contributed by atoms with van der Waals surface area (Å²) in [6.07, 6.45) is 1.34. The van der Waals surface area contributed by atoms with Gasteiger partial charge in [0.25, 0.3) is 0 Å². The van der Waals surface area contributed by atoms with Crippen LogP contribution in [0.15, 0.2) is 23.1 Å². The van der Waals surface area contributed by atoms with Crippen LogP contribution < -0.4 is 5.32 Å². The SMILES string of the molecule is CCNCc1ccc(SC2CCOC2C)c(C#N)c1. The van der Waals surface area contributed by atoms with Gasteiger partial charge < -0.3 is 10.1 Å². The van der Waals surface area contributed by atoms with Crippen molar-refractivity contribution in [1.82, 2.24) is 5.32 Å². The quantitative estimate of drug-likeness (QED) is 0.898. The summed E-state index contributed by atoms with van der Waals surface area (Å²) in [5, 5.41) is 13.0. The minimum absolute atomic E-state index is 0.276. The molecular weight excluding hydrogens is 256 g/mol. The smallest absolute Gasteiger partial charge is 0.100 e. The molecule has 1 fully saturated rings. The van der Waals surface area contributed by atoms with E-state index in [4.69, 9.17) is 4.74 Å². The Balaban J connectivity index is 2.10. The number of hydrogen-bond donors (Lipinski definition) is 1. The van der Waals surface area contributed by atoms with Gasteiger partial charge in [0.2, 0.25) is 0 Å². The molecule has 102 valence electrons. The molecule has 1 aromatic rings. The van der Waals surface area contributed by atoms with E-state index in [1.165, 1.54) is 5.56 Å². The Kier molecular flexibility index (Phi) is 5.26. The summed E-state index contributed by atoms with van der Waals surface area (Å²) in [5.74, 6) is 0. The fourth-order valence-corrected chi connectivity index (χ4v) is 3.37. The highest BCUT2D eigenvalue weighted by Crippen LogP contribution is 2.34. The predicted molar refractivity (Wildman–Crippen MR) is 78.2 cm³/mol. The number of rotatable bonds is 5. The van der Waals surface area contributed by atoms with Crippen LogP contribution in [0.5, 0.6) is 0 Å². The number of hydrogen-bond acceptors (Lipinski definition) is 4. The van der Waals surface area contributed by atoms with Gasteiger partial charge in [-0.2, -0.15) is 5.26 Å². The van der Waals surface area contributed by atoms with Crippen molar-refractivity contribution in [3.63, 3.8) is 0 Å². The third-order valence-electron chi connectivity index (χ3n) is 3.33. The zero-order chi connectivity index (χ0) is 13.7. The third kappa shape index (κ3) is 3.73. The van der Waals surface area contributed by atoms with Gasteiger partial charge in [-0.05, 0) is 37.6 Å². The molecule has 1 saturated heterocycles. The summed E-state index contributed by atoms with van der Waals surface area (Å²) in [4.78, 5) is 1.07. The van der Waals surface area contributed by atoms with E-state index in [1.807, 2.05) is 6.07 Å². The number of thioether (sulfide) groups is 1. The van der Waals surface area contributed by atoms with E-state index in [-0.39, 0.29) is 6.10 Å². The van der Waals surface area contributed by atoms with E-state index < -0.39 is 0 Å².